The van der Waals surface area contributed by atoms with Gasteiger partial charge in [-0.1, -0.05) is 52.4 Å². The van der Waals surface area contributed by atoms with E-state index in [0.29, 0.717) is 11.8 Å². The van der Waals surface area contributed by atoms with E-state index < -0.39 is 0 Å². The average molecular weight is 293 g/mol. The molecule has 0 aliphatic heterocycles. The van der Waals surface area contributed by atoms with E-state index in [0.717, 1.165) is 24.2 Å². The summed E-state index contributed by atoms with van der Waals surface area (Å²) in [5.41, 5.74) is 0. The number of hydrogen-bond donors (Lipinski definition) is 0. The Morgan fingerprint density at radius 1 is 0.857 bits per heavy atom. The quantitative estimate of drug-likeness (QED) is 0.414. The van der Waals surface area contributed by atoms with Gasteiger partial charge < -0.3 is 4.79 Å². The molecule has 122 valence electrons. The number of unbranched alkanes of at least 4 members (excludes halogenated alkanes) is 2. The largest absolute Gasteiger partial charge is 0.303 e. The highest BCUT2D eigenvalue weighted by molar-refractivity contribution is 5.54. The molecule has 1 nitrogen and oxygen atoms in total. The van der Waals surface area contributed by atoms with Crippen LogP contribution in [0.1, 0.15) is 90.9 Å². The topological polar surface area (TPSA) is 17.1 Å². The van der Waals surface area contributed by atoms with Crippen LogP contribution in [0.15, 0.2) is 0 Å². The van der Waals surface area contributed by atoms with E-state index in [4.69, 9.17) is 0 Å². The lowest BCUT2D eigenvalue weighted by molar-refractivity contribution is -0.113. The first-order valence-electron chi connectivity index (χ1n) is 9.64. The van der Waals surface area contributed by atoms with Crippen LogP contribution in [0.25, 0.3) is 0 Å². The van der Waals surface area contributed by atoms with Gasteiger partial charge >= 0.3 is 0 Å². The molecule has 1 heteroatoms. The summed E-state index contributed by atoms with van der Waals surface area (Å²) in [6, 6.07) is 0. The summed E-state index contributed by atoms with van der Waals surface area (Å²) in [5, 5.41) is 0. The molecule has 0 aromatic heterocycles. The third kappa shape index (κ3) is 5.75. The lowest BCUT2D eigenvalue weighted by atomic mass is 9.74. The van der Waals surface area contributed by atoms with Crippen molar-refractivity contribution < 1.29 is 4.79 Å². The minimum atomic E-state index is 0.388. The highest BCUT2D eigenvalue weighted by Gasteiger charge is 2.25. The molecular weight excluding hydrogens is 256 g/mol. The minimum absolute atomic E-state index is 0.388. The van der Waals surface area contributed by atoms with Crippen LogP contribution in [0.5, 0.6) is 0 Å². The first-order chi connectivity index (χ1) is 10.2. The summed E-state index contributed by atoms with van der Waals surface area (Å²) in [5.74, 6) is 4.01. The molecule has 2 aliphatic rings. The van der Waals surface area contributed by atoms with Gasteiger partial charge in [-0.05, 0) is 62.2 Å². The van der Waals surface area contributed by atoms with Gasteiger partial charge in [0.1, 0.15) is 6.29 Å². The van der Waals surface area contributed by atoms with Crippen molar-refractivity contribution in [2.45, 2.75) is 90.9 Å². The molecule has 0 spiro atoms. The average Bonchev–Trinajstić information content (AvgIpc) is 2.46. The Morgan fingerprint density at radius 2 is 1.52 bits per heavy atom. The predicted octanol–water partition coefficient (Wildman–Crippen LogP) is 6.01. The molecule has 0 saturated heterocycles. The molecule has 2 aliphatic carbocycles. The maximum Gasteiger partial charge on any atom is 0.123 e. The number of carbonyl (C=O) groups excluding carboxylic acids is 1. The Balaban J connectivity index is 1.56. The van der Waals surface area contributed by atoms with Crippen molar-refractivity contribution in [3.63, 3.8) is 0 Å². The van der Waals surface area contributed by atoms with E-state index in [1.165, 1.54) is 76.9 Å². The second kappa shape index (κ2) is 8.96. The Morgan fingerprint density at radius 3 is 2.24 bits per heavy atom. The molecule has 0 aromatic carbocycles. The summed E-state index contributed by atoms with van der Waals surface area (Å²) in [6.07, 6.45) is 17.7. The Bertz CT molecular complexity index is 288. The van der Waals surface area contributed by atoms with E-state index in [-0.39, 0.29) is 0 Å². The van der Waals surface area contributed by atoms with Crippen LogP contribution in [0.2, 0.25) is 0 Å². The fourth-order valence-electron chi connectivity index (χ4n) is 5.14. The van der Waals surface area contributed by atoms with Crippen molar-refractivity contribution in [1.29, 1.82) is 0 Å². The maximum absolute atomic E-state index is 11.1. The Kier molecular flexibility index (Phi) is 7.26. The zero-order valence-electron chi connectivity index (χ0n) is 14.4. The van der Waals surface area contributed by atoms with Crippen LogP contribution >= 0.6 is 0 Å². The molecule has 4 unspecified atom stereocenters. The summed E-state index contributed by atoms with van der Waals surface area (Å²) in [7, 11) is 0. The van der Waals surface area contributed by atoms with Gasteiger partial charge in [-0.3, -0.25) is 0 Å². The van der Waals surface area contributed by atoms with Crippen LogP contribution in [-0.2, 0) is 4.79 Å². The first-order valence-corrected chi connectivity index (χ1v) is 9.64. The van der Waals surface area contributed by atoms with Crippen LogP contribution in [0.4, 0.5) is 0 Å². The van der Waals surface area contributed by atoms with Gasteiger partial charge in [0.05, 0.1) is 0 Å². The van der Waals surface area contributed by atoms with Crippen LogP contribution in [-0.4, -0.2) is 6.29 Å². The van der Waals surface area contributed by atoms with E-state index in [1.54, 1.807) is 0 Å². The maximum atomic E-state index is 11.1. The lowest BCUT2D eigenvalue weighted by Crippen LogP contribution is -2.20. The molecule has 0 heterocycles. The van der Waals surface area contributed by atoms with Gasteiger partial charge in [-0.2, -0.15) is 0 Å². The SMILES string of the molecule is CC1CC(C)CC(CCCCCC2CCCCC2C=O)C1. The van der Waals surface area contributed by atoms with Crippen molar-refractivity contribution in [2.24, 2.45) is 29.6 Å². The summed E-state index contributed by atoms with van der Waals surface area (Å²) in [6.45, 7) is 4.87. The van der Waals surface area contributed by atoms with Crippen molar-refractivity contribution >= 4 is 6.29 Å². The number of hydrogen-bond acceptors (Lipinski definition) is 1. The molecule has 2 saturated carbocycles. The minimum Gasteiger partial charge on any atom is -0.303 e. The van der Waals surface area contributed by atoms with Crippen molar-refractivity contribution in [2.75, 3.05) is 0 Å². The number of carbonyl (C=O) groups is 1. The van der Waals surface area contributed by atoms with Gasteiger partial charge in [0.2, 0.25) is 0 Å². The lowest BCUT2D eigenvalue weighted by Gasteiger charge is -2.31. The highest BCUT2D eigenvalue weighted by atomic mass is 16.1. The van der Waals surface area contributed by atoms with E-state index in [1.807, 2.05) is 0 Å². The zero-order chi connectivity index (χ0) is 15.1. The van der Waals surface area contributed by atoms with Crippen molar-refractivity contribution in [1.82, 2.24) is 0 Å². The van der Waals surface area contributed by atoms with Crippen LogP contribution in [0.3, 0.4) is 0 Å². The molecule has 4 atom stereocenters. The molecule has 0 radical (unpaired) electrons. The van der Waals surface area contributed by atoms with Crippen molar-refractivity contribution in [3.8, 4) is 0 Å². The standard InChI is InChI=1S/C20H36O/c1-16-12-17(2)14-18(13-16)8-4-3-5-9-19-10-6-7-11-20(19)15-21/h15-20H,3-14H2,1-2H3. The van der Waals surface area contributed by atoms with Gasteiger partial charge in [0.15, 0.2) is 0 Å². The highest BCUT2D eigenvalue weighted by Crippen LogP contribution is 2.36. The van der Waals surface area contributed by atoms with E-state index >= 15 is 0 Å². The molecule has 0 aromatic rings. The van der Waals surface area contributed by atoms with Gasteiger partial charge in [-0.15, -0.1) is 0 Å². The fraction of sp³-hybridized carbons (Fsp3) is 0.950. The first kappa shape index (κ1) is 17.0. The van der Waals surface area contributed by atoms with Gasteiger partial charge in [0.25, 0.3) is 0 Å². The van der Waals surface area contributed by atoms with E-state index in [2.05, 4.69) is 13.8 Å². The van der Waals surface area contributed by atoms with Crippen molar-refractivity contribution in [3.05, 3.63) is 0 Å². The molecule has 0 N–H and O–H groups in total. The van der Waals surface area contributed by atoms with E-state index in [9.17, 15) is 4.79 Å². The smallest absolute Gasteiger partial charge is 0.123 e. The normalized spacial score (nSPS) is 37.3. The fourth-order valence-corrected chi connectivity index (χ4v) is 5.14. The molecule has 0 bridgehead atoms. The molecule has 2 fully saturated rings. The number of rotatable bonds is 7. The van der Waals surface area contributed by atoms with Gasteiger partial charge in [-0.25, -0.2) is 0 Å². The second-order valence-corrected chi connectivity index (χ2v) is 8.27. The van der Waals surface area contributed by atoms with Crippen LogP contribution in [0, 0.1) is 29.6 Å². The third-order valence-electron chi connectivity index (χ3n) is 6.11. The Hall–Kier alpha value is -0.330. The molecule has 0 amide bonds. The third-order valence-corrected chi connectivity index (χ3v) is 6.11. The zero-order valence-corrected chi connectivity index (χ0v) is 14.4. The molecular formula is C20H36O. The predicted molar refractivity (Wildman–Crippen MR) is 90.3 cm³/mol. The monoisotopic (exact) mass is 292 g/mol. The molecule has 21 heavy (non-hydrogen) atoms. The summed E-state index contributed by atoms with van der Waals surface area (Å²) >= 11 is 0. The van der Waals surface area contributed by atoms with Crippen LogP contribution < -0.4 is 0 Å². The second-order valence-electron chi connectivity index (χ2n) is 8.27. The Labute approximate surface area is 132 Å². The molecule has 2 rings (SSSR count). The summed E-state index contributed by atoms with van der Waals surface area (Å²) < 4.78 is 0. The summed E-state index contributed by atoms with van der Waals surface area (Å²) in [4.78, 5) is 11.1. The van der Waals surface area contributed by atoms with Gasteiger partial charge in [0, 0.05) is 5.92 Å². The number of aldehydes is 1.